The lowest BCUT2D eigenvalue weighted by Gasteiger charge is -2.35. The fourth-order valence-corrected chi connectivity index (χ4v) is 5.31. The molecule has 2 aliphatic heterocycles. The number of cyclic esters (lactones) is 1. The number of aromatic nitrogens is 2. The molecule has 0 bridgehead atoms. The van der Waals surface area contributed by atoms with Crippen molar-refractivity contribution in [2.45, 2.75) is 64.5 Å². The summed E-state index contributed by atoms with van der Waals surface area (Å²) in [6.07, 6.45) is -0.517. The SMILES string of the molecule is CCC1(OC(=O)CCC(C)O)C(=O)OCc2c1cc1n(c2=O)Cc2cc3c(CN(C)C)c(O)ccc3nc2-1. The van der Waals surface area contributed by atoms with Crippen LogP contribution in [0.3, 0.4) is 0 Å². The van der Waals surface area contributed by atoms with Gasteiger partial charge in [-0.2, -0.15) is 0 Å². The molecule has 0 saturated heterocycles. The first kappa shape index (κ1) is 25.9. The van der Waals surface area contributed by atoms with Gasteiger partial charge in [-0.1, -0.05) is 6.92 Å². The van der Waals surface area contributed by atoms with Crippen molar-refractivity contribution in [1.82, 2.24) is 14.5 Å². The van der Waals surface area contributed by atoms with Gasteiger partial charge in [0.25, 0.3) is 5.56 Å². The van der Waals surface area contributed by atoms with Crippen molar-refractivity contribution in [3.63, 3.8) is 0 Å². The van der Waals surface area contributed by atoms with Crippen LogP contribution in [0.1, 0.15) is 55.4 Å². The van der Waals surface area contributed by atoms with Crippen molar-refractivity contribution in [3.8, 4) is 17.1 Å². The van der Waals surface area contributed by atoms with Gasteiger partial charge in [-0.15, -0.1) is 0 Å². The van der Waals surface area contributed by atoms with Crippen molar-refractivity contribution >= 4 is 22.8 Å². The molecule has 2 N–H and O–H groups in total. The van der Waals surface area contributed by atoms with Crippen LogP contribution in [0.2, 0.25) is 0 Å². The smallest absolute Gasteiger partial charge is 0.355 e. The van der Waals surface area contributed by atoms with Crippen LogP contribution in [0.4, 0.5) is 0 Å². The fraction of sp³-hybridized carbons (Fsp3) is 0.429. The fourth-order valence-electron chi connectivity index (χ4n) is 5.31. The molecule has 0 aliphatic carbocycles. The summed E-state index contributed by atoms with van der Waals surface area (Å²) in [6, 6.07) is 7.02. The standard InChI is InChI=1S/C28H31N3O7/c1-5-28(38-24(34)9-6-15(2)32)20-11-22-25-16(12-31(22)26(35)19(20)14-37-27(28)36)10-17-18(13-30(3)4)23(33)8-7-21(17)29-25/h7-8,10-11,15,32-33H,5-6,9,12-14H2,1-4H3. The highest BCUT2D eigenvalue weighted by Crippen LogP contribution is 2.41. The number of hydrogen-bond donors (Lipinski definition) is 2. The van der Waals surface area contributed by atoms with Crippen LogP contribution in [0.15, 0.2) is 29.1 Å². The molecule has 2 unspecified atom stereocenters. The Kier molecular flexibility index (Phi) is 6.48. The number of phenolic OH excluding ortho intramolecular Hbond substituents is 1. The third-order valence-corrected chi connectivity index (χ3v) is 7.27. The Labute approximate surface area is 219 Å². The highest BCUT2D eigenvalue weighted by Gasteiger charge is 2.50. The lowest BCUT2D eigenvalue weighted by molar-refractivity contribution is -0.189. The van der Waals surface area contributed by atoms with Gasteiger partial charge in [-0.05, 0) is 58.1 Å². The number of phenols is 1. The molecule has 0 radical (unpaired) electrons. The highest BCUT2D eigenvalue weighted by atomic mass is 16.6. The summed E-state index contributed by atoms with van der Waals surface area (Å²) in [5, 5.41) is 20.9. The quantitative estimate of drug-likeness (QED) is 0.352. The number of pyridine rings is 2. The van der Waals surface area contributed by atoms with Crippen molar-refractivity contribution in [3.05, 3.63) is 56.9 Å². The van der Waals surface area contributed by atoms with E-state index in [-0.39, 0.29) is 49.3 Å². The molecular formula is C28H31N3O7. The Morgan fingerprint density at radius 1 is 1.29 bits per heavy atom. The van der Waals surface area contributed by atoms with Crippen LogP contribution >= 0.6 is 0 Å². The number of carbonyl (C=O) groups excluding carboxylic acids is 2. The molecule has 4 heterocycles. The maximum Gasteiger partial charge on any atom is 0.355 e. The Morgan fingerprint density at radius 3 is 2.74 bits per heavy atom. The minimum atomic E-state index is -1.76. The summed E-state index contributed by atoms with van der Waals surface area (Å²) < 4.78 is 12.7. The number of ether oxygens (including phenoxy) is 2. The molecule has 2 atom stereocenters. The molecule has 3 aromatic rings. The first-order chi connectivity index (χ1) is 18.1. The molecule has 2 aliphatic rings. The van der Waals surface area contributed by atoms with Gasteiger partial charge >= 0.3 is 11.9 Å². The number of rotatable bonds is 7. The zero-order valence-corrected chi connectivity index (χ0v) is 21.9. The normalized spacial score (nSPS) is 18.6. The predicted octanol–water partition coefficient (Wildman–Crippen LogP) is 2.56. The van der Waals surface area contributed by atoms with E-state index in [0.717, 1.165) is 16.5 Å². The number of esters is 2. The average molecular weight is 522 g/mol. The summed E-state index contributed by atoms with van der Waals surface area (Å²) in [5.41, 5.74) is 1.84. The van der Waals surface area contributed by atoms with E-state index in [4.69, 9.17) is 14.5 Å². The summed E-state index contributed by atoms with van der Waals surface area (Å²) in [6.45, 7) is 3.84. The maximum atomic E-state index is 13.7. The molecule has 2 aromatic heterocycles. The summed E-state index contributed by atoms with van der Waals surface area (Å²) in [5.74, 6) is -1.21. The summed E-state index contributed by atoms with van der Waals surface area (Å²) >= 11 is 0. The Morgan fingerprint density at radius 2 is 2.05 bits per heavy atom. The second-order valence-electron chi connectivity index (χ2n) is 10.3. The molecule has 10 nitrogen and oxygen atoms in total. The molecule has 0 amide bonds. The zero-order valence-electron chi connectivity index (χ0n) is 21.9. The van der Waals surface area contributed by atoms with Crippen molar-refractivity contribution in [2.24, 2.45) is 0 Å². The third kappa shape index (κ3) is 4.13. The number of nitrogens with zero attached hydrogens (tertiary/aromatic N) is 3. The number of benzene rings is 1. The van der Waals surface area contributed by atoms with Gasteiger partial charge in [0.15, 0.2) is 0 Å². The number of aliphatic hydroxyl groups excluding tert-OH is 1. The van der Waals surface area contributed by atoms with E-state index in [2.05, 4.69) is 0 Å². The molecule has 0 spiro atoms. The lowest BCUT2D eigenvalue weighted by atomic mass is 9.85. The van der Waals surface area contributed by atoms with Crippen LogP contribution in [-0.2, 0) is 44.4 Å². The molecule has 200 valence electrons. The number of carbonyl (C=O) groups is 2. The molecule has 0 fully saturated rings. The largest absolute Gasteiger partial charge is 0.508 e. The Hall–Kier alpha value is -3.76. The van der Waals surface area contributed by atoms with E-state index < -0.39 is 23.6 Å². The van der Waals surface area contributed by atoms with E-state index in [9.17, 15) is 24.6 Å². The third-order valence-electron chi connectivity index (χ3n) is 7.27. The first-order valence-corrected chi connectivity index (χ1v) is 12.7. The van der Waals surface area contributed by atoms with Gasteiger partial charge in [-0.25, -0.2) is 9.78 Å². The van der Waals surface area contributed by atoms with Crippen LogP contribution in [-0.4, -0.2) is 56.8 Å². The summed E-state index contributed by atoms with van der Waals surface area (Å²) in [4.78, 5) is 46.2. The number of aliphatic hydroxyl groups is 1. The minimum Gasteiger partial charge on any atom is -0.508 e. The number of fused-ring (bicyclic) bond motifs is 5. The molecule has 38 heavy (non-hydrogen) atoms. The van der Waals surface area contributed by atoms with Gasteiger partial charge in [-0.3, -0.25) is 9.59 Å². The molecular weight excluding hydrogens is 490 g/mol. The van der Waals surface area contributed by atoms with Crippen molar-refractivity contribution in [2.75, 3.05) is 14.1 Å². The van der Waals surface area contributed by atoms with E-state index in [1.54, 1.807) is 36.6 Å². The predicted molar refractivity (Wildman–Crippen MR) is 138 cm³/mol. The van der Waals surface area contributed by atoms with Crippen molar-refractivity contribution < 1.29 is 29.3 Å². The lowest BCUT2D eigenvalue weighted by Crippen LogP contribution is -2.47. The van der Waals surface area contributed by atoms with E-state index in [1.807, 2.05) is 25.1 Å². The van der Waals surface area contributed by atoms with E-state index >= 15 is 0 Å². The second kappa shape index (κ2) is 9.52. The minimum absolute atomic E-state index is 0.0767. The van der Waals surface area contributed by atoms with E-state index in [1.165, 1.54) is 0 Å². The number of hydrogen-bond acceptors (Lipinski definition) is 9. The van der Waals surface area contributed by atoms with Gasteiger partial charge in [0, 0.05) is 35.0 Å². The average Bonchev–Trinajstić information content (AvgIpc) is 3.23. The Balaban J connectivity index is 1.65. The molecule has 0 saturated carbocycles. The van der Waals surface area contributed by atoms with Crippen LogP contribution in [0.25, 0.3) is 22.3 Å². The first-order valence-electron chi connectivity index (χ1n) is 12.7. The van der Waals surface area contributed by atoms with Crippen LogP contribution in [0.5, 0.6) is 5.75 Å². The topological polar surface area (TPSA) is 131 Å². The van der Waals surface area contributed by atoms with Gasteiger partial charge in [0.2, 0.25) is 5.60 Å². The number of aromatic hydroxyl groups is 1. The van der Waals surface area contributed by atoms with Gasteiger partial charge < -0.3 is 29.2 Å². The Bertz CT molecular complexity index is 1530. The molecule has 5 rings (SSSR count). The zero-order chi connectivity index (χ0) is 27.4. The van der Waals surface area contributed by atoms with Crippen LogP contribution in [0, 0.1) is 0 Å². The maximum absolute atomic E-state index is 13.7. The second-order valence-corrected chi connectivity index (χ2v) is 10.3. The monoisotopic (exact) mass is 521 g/mol. The van der Waals surface area contributed by atoms with Gasteiger partial charge in [0.1, 0.15) is 12.4 Å². The van der Waals surface area contributed by atoms with Crippen LogP contribution < -0.4 is 5.56 Å². The van der Waals surface area contributed by atoms with E-state index in [0.29, 0.717) is 29.0 Å². The van der Waals surface area contributed by atoms with Crippen molar-refractivity contribution in [1.29, 1.82) is 0 Å². The molecule has 1 aromatic carbocycles. The summed E-state index contributed by atoms with van der Waals surface area (Å²) in [7, 11) is 3.83. The molecule has 10 heteroatoms. The highest BCUT2D eigenvalue weighted by molar-refractivity contribution is 5.90. The van der Waals surface area contributed by atoms with Gasteiger partial charge in [0.05, 0.1) is 35.1 Å².